The Morgan fingerprint density at radius 3 is 2.70 bits per heavy atom. The van der Waals surface area contributed by atoms with Gasteiger partial charge < -0.3 is 30.6 Å². The molecule has 1 aliphatic carbocycles. The molecule has 2 aromatic carbocycles. The first-order valence-electron chi connectivity index (χ1n) is 14.2. The molecule has 11 heteroatoms. The smallest absolute Gasteiger partial charge is 0.343 e. The molecule has 0 bridgehead atoms. The number of nitrogens with one attached hydrogen (secondary N) is 1. The number of cyclic esters (lactones) is 1. The summed E-state index contributed by atoms with van der Waals surface area (Å²) in [7, 11) is 0. The first kappa shape index (κ1) is 27.2. The summed E-state index contributed by atoms with van der Waals surface area (Å²) in [6.45, 7) is 3.20. The number of nitrogens with zero attached hydrogens (tertiary/aromatic N) is 2. The molecule has 5 N–H and O–H groups in total. The molecule has 4 heterocycles. The summed E-state index contributed by atoms with van der Waals surface area (Å²) in [4.78, 5) is 44.5. The highest BCUT2D eigenvalue weighted by atomic mass is 19.1. The predicted octanol–water partition coefficient (Wildman–Crippen LogP) is 2.95. The Hall–Kier alpha value is -4.61. The topological polar surface area (TPSA) is 157 Å². The first-order valence-corrected chi connectivity index (χ1v) is 14.2. The minimum absolute atomic E-state index is 0.00324. The molecule has 1 amide bonds. The molecule has 0 saturated heterocycles. The Labute approximate surface area is 244 Å². The van der Waals surface area contributed by atoms with Gasteiger partial charge in [0, 0.05) is 28.3 Å². The van der Waals surface area contributed by atoms with E-state index in [1.807, 2.05) is 0 Å². The van der Waals surface area contributed by atoms with E-state index in [0.29, 0.717) is 63.1 Å². The third-order valence-electron chi connectivity index (χ3n) is 9.19. The summed E-state index contributed by atoms with van der Waals surface area (Å²) in [5, 5.41) is 25.8. The van der Waals surface area contributed by atoms with Crippen LogP contribution in [0.4, 0.5) is 10.1 Å². The summed E-state index contributed by atoms with van der Waals surface area (Å²) in [6.07, 6.45) is -0.537. The number of benzene rings is 2. The van der Waals surface area contributed by atoms with E-state index < -0.39 is 41.0 Å². The van der Waals surface area contributed by atoms with Crippen molar-refractivity contribution in [3.05, 3.63) is 91.5 Å². The Morgan fingerprint density at radius 1 is 1.23 bits per heavy atom. The van der Waals surface area contributed by atoms with Crippen molar-refractivity contribution in [2.45, 2.75) is 64.0 Å². The number of halogens is 1. The number of carbonyl (C=O) groups is 2. The van der Waals surface area contributed by atoms with Crippen molar-refractivity contribution in [2.75, 3.05) is 5.73 Å². The van der Waals surface area contributed by atoms with Gasteiger partial charge in [-0.3, -0.25) is 9.59 Å². The number of pyridine rings is 2. The number of aliphatic hydroxyl groups is 2. The minimum Gasteiger partial charge on any atom is -0.458 e. The average Bonchev–Trinajstić information content (AvgIpc) is 3.37. The van der Waals surface area contributed by atoms with E-state index in [2.05, 4.69) is 5.32 Å². The highest BCUT2D eigenvalue weighted by molar-refractivity contribution is 5.94. The molecule has 3 aliphatic rings. The second kappa shape index (κ2) is 9.45. The van der Waals surface area contributed by atoms with Gasteiger partial charge in [0.25, 0.3) is 11.5 Å². The third-order valence-corrected chi connectivity index (χ3v) is 9.19. The number of anilines is 1. The zero-order chi connectivity index (χ0) is 30.4. The number of aromatic nitrogens is 2. The zero-order valence-electron chi connectivity index (χ0n) is 23.5. The number of hydrogen-bond donors (Lipinski definition) is 4. The molecule has 0 radical (unpaired) electrons. The molecule has 0 saturated carbocycles. The zero-order valence-corrected chi connectivity index (χ0v) is 23.5. The van der Waals surface area contributed by atoms with Gasteiger partial charge in [0.05, 0.1) is 35.1 Å². The molecular weight excluding hydrogens is 555 g/mol. The van der Waals surface area contributed by atoms with E-state index in [1.54, 1.807) is 44.2 Å². The Bertz CT molecular complexity index is 1950. The summed E-state index contributed by atoms with van der Waals surface area (Å²) in [6, 6.07) is 8.76. The number of aryl methyl sites for hydroxylation is 1. The Balaban J connectivity index is 1.40. The standard InChI is InChI=1S/C32H29FN4O6/c1-3-32(42)20-10-24-27-18(12-37(24)30(40)19(20)13-43-31(32)41)26-22(36-29(39)28(38)15-4-6-16(34)7-5-15)9-8-17-14(2)21(33)11-23(35-27)25(17)26/h4-7,10-11,22,28,38,42H,3,8-9,12-13,34H2,1-2H3,(H,36,39)/t22-,28?,32-/m0/s1. The van der Waals surface area contributed by atoms with Gasteiger partial charge in [0.1, 0.15) is 12.4 Å². The van der Waals surface area contributed by atoms with Crippen LogP contribution in [0, 0.1) is 12.7 Å². The monoisotopic (exact) mass is 584 g/mol. The first-order chi connectivity index (χ1) is 20.5. The van der Waals surface area contributed by atoms with Crippen molar-refractivity contribution in [3.8, 4) is 11.4 Å². The average molecular weight is 585 g/mol. The highest BCUT2D eigenvalue weighted by Gasteiger charge is 2.46. The Morgan fingerprint density at radius 2 is 1.98 bits per heavy atom. The minimum atomic E-state index is -1.98. The fraction of sp³-hybridized carbons (Fsp3) is 0.312. The van der Waals surface area contributed by atoms with Crippen molar-refractivity contribution in [3.63, 3.8) is 0 Å². The number of fused-ring (bicyclic) bond motifs is 5. The normalized spacial score (nSPS) is 20.7. The Kier molecular flexibility index (Phi) is 5.98. The van der Waals surface area contributed by atoms with E-state index >= 15 is 4.39 Å². The molecule has 43 heavy (non-hydrogen) atoms. The number of hydrogen-bond acceptors (Lipinski definition) is 8. The van der Waals surface area contributed by atoms with E-state index in [9.17, 15) is 24.6 Å². The van der Waals surface area contributed by atoms with Gasteiger partial charge in [-0.2, -0.15) is 0 Å². The maximum atomic E-state index is 15.1. The maximum absolute atomic E-state index is 15.1. The number of ether oxygens (including phenoxy) is 1. The van der Waals surface area contributed by atoms with E-state index in [4.69, 9.17) is 15.5 Å². The van der Waals surface area contributed by atoms with Crippen LogP contribution in [0.3, 0.4) is 0 Å². The van der Waals surface area contributed by atoms with Crippen molar-refractivity contribution < 1.29 is 28.9 Å². The van der Waals surface area contributed by atoms with Crippen molar-refractivity contribution in [1.82, 2.24) is 14.9 Å². The number of amides is 1. The van der Waals surface area contributed by atoms with Crippen molar-refractivity contribution >= 4 is 28.5 Å². The van der Waals surface area contributed by atoms with Gasteiger partial charge >= 0.3 is 5.97 Å². The van der Waals surface area contributed by atoms with Crippen LogP contribution >= 0.6 is 0 Å². The number of nitrogen functional groups attached to an aromatic ring is 1. The van der Waals surface area contributed by atoms with E-state index in [1.165, 1.54) is 10.6 Å². The molecule has 0 spiro atoms. The largest absolute Gasteiger partial charge is 0.458 e. The van der Waals surface area contributed by atoms with Gasteiger partial charge in [-0.25, -0.2) is 14.2 Å². The maximum Gasteiger partial charge on any atom is 0.343 e. The fourth-order valence-corrected chi connectivity index (χ4v) is 6.78. The summed E-state index contributed by atoms with van der Waals surface area (Å²) in [5.74, 6) is -1.84. The number of esters is 1. The summed E-state index contributed by atoms with van der Waals surface area (Å²) >= 11 is 0. The lowest BCUT2D eigenvalue weighted by Crippen LogP contribution is -2.44. The van der Waals surface area contributed by atoms with Crippen LogP contribution in [0.5, 0.6) is 0 Å². The quantitative estimate of drug-likeness (QED) is 0.186. The van der Waals surface area contributed by atoms with Gasteiger partial charge in [0.15, 0.2) is 11.7 Å². The number of nitrogens with two attached hydrogens (primary N) is 1. The van der Waals surface area contributed by atoms with Crippen molar-refractivity contribution in [1.29, 1.82) is 0 Å². The van der Waals surface area contributed by atoms with Gasteiger partial charge in [0.2, 0.25) is 0 Å². The van der Waals surface area contributed by atoms with Crippen LogP contribution < -0.4 is 16.6 Å². The third kappa shape index (κ3) is 3.84. The summed E-state index contributed by atoms with van der Waals surface area (Å²) in [5.41, 5.74) is 8.45. The molecule has 10 nitrogen and oxygen atoms in total. The van der Waals surface area contributed by atoms with Gasteiger partial charge in [-0.05, 0) is 66.6 Å². The van der Waals surface area contributed by atoms with Crippen LogP contribution in [0.15, 0.2) is 41.2 Å². The molecule has 3 atom stereocenters. The lowest BCUT2D eigenvalue weighted by atomic mass is 9.81. The molecule has 1 unspecified atom stereocenters. The number of carbonyl (C=O) groups excluding carboxylic acids is 2. The lowest BCUT2D eigenvalue weighted by Gasteiger charge is -2.31. The predicted molar refractivity (Wildman–Crippen MR) is 154 cm³/mol. The van der Waals surface area contributed by atoms with Crippen LogP contribution in [0.2, 0.25) is 0 Å². The van der Waals surface area contributed by atoms with Crippen LogP contribution in [0.1, 0.15) is 70.9 Å². The molecule has 220 valence electrons. The van der Waals surface area contributed by atoms with Crippen LogP contribution in [0.25, 0.3) is 22.3 Å². The van der Waals surface area contributed by atoms with Crippen molar-refractivity contribution in [2.24, 2.45) is 0 Å². The van der Waals surface area contributed by atoms with Crippen LogP contribution in [-0.4, -0.2) is 31.6 Å². The van der Waals surface area contributed by atoms with E-state index in [-0.39, 0.29) is 30.7 Å². The summed E-state index contributed by atoms with van der Waals surface area (Å²) < 4.78 is 21.8. The molecular formula is C32H29FN4O6. The van der Waals surface area contributed by atoms with Crippen LogP contribution in [-0.2, 0) is 39.5 Å². The van der Waals surface area contributed by atoms with Gasteiger partial charge in [-0.15, -0.1) is 0 Å². The number of rotatable bonds is 4. The molecule has 0 fully saturated rings. The second-order valence-corrected chi connectivity index (χ2v) is 11.5. The number of aliphatic hydroxyl groups excluding tert-OH is 1. The molecule has 2 aliphatic heterocycles. The van der Waals surface area contributed by atoms with E-state index in [0.717, 1.165) is 5.56 Å². The molecule has 2 aromatic heterocycles. The van der Waals surface area contributed by atoms with Gasteiger partial charge in [-0.1, -0.05) is 19.1 Å². The molecule has 4 aromatic rings. The molecule has 7 rings (SSSR count). The second-order valence-electron chi connectivity index (χ2n) is 11.5. The SMILES string of the molecule is CC[C@@]1(O)C(=O)OCc2c1cc1n(c2=O)Cc2c-1nc1cc(F)c(C)c3c1c2[C@@H](NC(=O)C(O)c1ccc(N)cc1)CC3. The highest BCUT2D eigenvalue weighted by Crippen LogP contribution is 2.46. The lowest BCUT2D eigenvalue weighted by molar-refractivity contribution is -0.172. The fourth-order valence-electron chi connectivity index (χ4n) is 6.78.